The van der Waals surface area contributed by atoms with Crippen molar-refractivity contribution < 1.29 is 14.0 Å². The van der Waals surface area contributed by atoms with Gasteiger partial charge in [0, 0.05) is 22.9 Å². The van der Waals surface area contributed by atoms with E-state index in [9.17, 15) is 4.53 Å². The summed E-state index contributed by atoms with van der Waals surface area (Å²) in [5, 5.41) is 4.11. The third kappa shape index (κ3) is 6.73. The van der Waals surface area contributed by atoms with E-state index >= 15 is 0 Å². The molecule has 0 amide bonds. The molecule has 2 aromatic heterocycles. The monoisotopic (exact) mass is 454 g/mol. The van der Waals surface area contributed by atoms with E-state index in [1.54, 1.807) is 13.8 Å². The number of nitrogens with zero attached hydrogens (tertiary/aromatic N) is 2. The van der Waals surface area contributed by atoms with Gasteiger partial charge in [-0.1, -0.05) is 50.1 Å². The molecule has 33 heavy (non-hydrogen) atoms. The van der Waals surface area contributed by atoms with E-state index in [1.807, 2.05) is 39.1 Å². The van der Waals surface area contributed by atoms with E-state index in [0.29, 0.717) is 0 Å². The normalized spacial score (nSPS) is 13.7. The smallest absolute Gasteiger partial charge is 0.141 e. The van der Waals surface area contributed by atoms with Crippen molar-refractivity contribution in [2.75, 3.05) is 0 Å². The molecule has 0 atom stereocenters. The van der Waals surface area contributed by atoms with Crippen LogP contribution in [0.4, 0.5) is 4.53 Å². The van der Waals surface area contributed by atoms with Crippen molar-refractivity contribution in [2.45, 2.75) is 93.1 Å². The summed E-state index contributed by atoms with van der Waals surface area (Å²) in [5.74, 6) is 0.797. The lowest BCUT2D eigenvalue weighted by Crippen LogP contribution is -2.21. The first kappa shape index (κ1) is 26.7. The molecule has 0 N–H and O–H groups in total. The molecule has 0 bridgehead atoms. The number of hydrogen-bond acceptors (Lipinski definition) is 4. The Hall–Kier alpha value is -2.53. The summed E-state index contributed by atoms with van der Waals surface area (Å²) in [4.78, 5) is 9.12. The number of halogens is 1. The molecule has 0 saturated heterocycles. The van der Waals surface area contributed by atoms with Gasteiger partial charge in [-0.25, -0.2) is 0 Å². The van der Waals surface area contributed by atoms with Gasteiger partial charge in [0.2, 0.25) is 0 Å². The van der Waals surface area contributed by atoms with Crippen LogP contribution in [-0.4, -0.2) is 15.7 Å². The Kier molecular flexibility index (Phi) is 9.78. The van der Waals surface area contributed by atoms with Crippen LogP contribution in [-0.2, 0) is 11.4 Å². The maximum atomic E-state index is 13.0. The fourth-order valence-electron chi connectivity index (χ4n) is 3.68. The lowest BCUT2D eigenvalue weighted by molar-refractivity contribution is -0.205. The van der Waals surface area contributed by atoms with Crippen molar-refractivity contribution in [1.82, 2.24) is 10.1 Å². The van der Waals surface area contributed by atoms with E-state index < -0.39 is 5.60 Å². The highest BCUT2D eigenvalue weighted by molar-refractivity contribution is 5.81. The third-order valence-corrected chi connectivity index (χ3v) is 6.15. The van der Waals surface area contributed by atoms with Gasteiger partial charge in [-0.2, -0.15) is 4.94 Å². The second-order valence-corrected chi connectivity index (χ2v) is 9.23. The lowest BCUT2D eigenvalue weighted by Gasteiger charge is -2.20. The van der Waals surface area contributed by atoms with Gasteiger partial charge in [0.05, 0.1) is 11.4 Å². The van der Waals surface area contributed by atoms with Crippen LogP contribution in [0.2, 0.25) is 0 Å². The predicted molar refractivity (Wildman–Crippen MR) is 134 cm³/mol. The Balaban J connectivity index is 2.68. The van der Waals surface area contributed by atoms with Crippen molar-refractivity contribution in [2.24, 2.45) is 0 Å². The Morgan fingerprint density at radius 3 is 2.45 bits per heavy atom. The van der Waals surface area contributed by atoms with Crippen LogP contribution in [0.3, 0.4) is 0 Å². The van der Waals surface area contributed by atoms with Crippen LogP contribution in [0.5, 0.6) is 0 Å². The molecule has 0 aliphatic carbocycles. The van der Waals surface area contributed by atoms with Gasteiger partial charge in [0.25, 0.3) is 0 Å². The van der Waals surface area contributed by atoms with E-state index in [0.717, 1.165) is 77.1 Å². The highest BCUT2D eigenvalue weighted by Crippen LogP contribution is 2.33. The molecule has 0 aliphatic heterocycles. The minimum atomic E-state index is -0.978. The van der Waals surface area contributed by atoms with Gasteiger partial charge in [-0.15, -0.1) is 0 Å². The summed E-state index contributed by atoms with van der Waals surface area (Å²) < 4.78 is 18.4. The standard InChI is InChI=1S/C28H39FN2O2/c1-9-11-13-19(3)25(16-15-20(4)28(7,8)33-29)27-23(14-12-10-2)17-24(18-30-27)26-21(5)31-32-22(26)6/h13,15-18H,9-12,14H2,1-8H3/b19-13+,20-15+,25-16+. The molecule has 4 nitrogen and oxygen atoms in total. The molecule has 0 saturated carbocycles. The van der Waals surface area contributed by atoms with Crippen molar-refractivity contribution in [1.29, 1.82) is 0 Å². The molecule has 180 valence electrons. The van der Waals surface area contributed by atoms with Gasteiger partial charge in [-0.3, -0.25) is 4.98 Å². The van der Waals surface area contributed by atoms with Crippen molar-refractivity contribution in [3.8, 4) is 11.1 Å². The van der Waals surface area contributed by atoms with Crippen LogP contribution >= 0.6 is 0 Å². The van der Waals surface area contributed by atoms with Gasteiger partial charge < -0.3 is 4.52 Å². The maximum Gasteiger partial charge on any atom is 0.141 e. The average Bonchev–Trinajstić information content (AvgIpc) is 3.14. The SMILES string of the molecule is CCC/C=C(C)/C(=C\C=C(/C)C(C)(C)OF)c1ncc(-c2c(C)noc2C)cc1CCCC. The molecule has 0 aromatic carbocycles. The average molecular weight is 455 g/mol. The van der Waals surface area contributed by atoms with Crippen molar-refractivity contribution in [3.05, 3.63) is 64.3 Å². The van der Waals surface area contributed by atoms with Gasteiger partial charge >= 0.3 is 0 Å². The summed E-state index contributed by atoms with van der Waals surface area (Å²) in [5.41, 5.74) is 7.09. The summed E-state index contributed by atoms with van der Waals surface area (Å²) >= 11 is 0. The lowest BCUT2D eigenvalue weighted by atomic mass is 9.92. The number of aromatic nitrogens is 2. The first-order valence-corrected chi connectivity index (χ1v) is 11.9. The van der Waals surface area contributed by atoms with Gasteiger partial charge in [0.1, 0.15) is 11.4 Å². The summed E-state index contributed by atoms with van der Waals surface area (Å²) in [6.07, 6.45) is 13.3. The fourth-order valence-corrected chi connectivity index (χ4v) is 3.68. The van der Waals surface area contributed by atoms with E-state index in [1.165, 1.54) is 5.56 Å². The third-order valence-electron chi connectivity index (χ3n) is 6.15. The topological polar surface area (TPSA) is 48.2 Å². The Morgan fingerprint density at radius 1 is 1.15 bits per heavy atom. The zero-order valence-corrected chi connectivity index (χ0v) is 21.5. The van der Waals surface area contributed by atoms with Crippen LogP contribution in [0.15, 0.2) is 46.2 Å². The fraction of sp³-hybridized carbons (Fsp3) is 0.500. The van der Waals surface area contributed by atoms with E-state index in [-0.39, 0.29) is 0 Å². The largest absolute Gasteiger partial charge is 0.361 e. The number of hydrogen-bond donors (Lipinski definition) is 0. The molecule has 0 aliphatic rings. The minimum absolute atomic E-state index is 0.797. The molecular formula is C28H39FN2O2. The highest BCUT2D eigenvalue weighted by Gasteiger charge is 2.22. The molecule has 5 heteroatoms. The molecule has 0 unspecified atom stereocenters. The van der Waals surface area contributed by atoms with Crippen LogP contribution in [0, 0.1) is 13.8 Å². The first-order valence-electron chi connectivity index (χ1n) is 11.9. The quantitative estimate of drug-likeness (QED) is 0.320. The molecule has 2 heterocycles. The van der Waals surface area contributed by atoms with Crippen LogP contribution < -0.4 is 0 Å². The highest BCUT2D eigenvalue weighted by atomic mass is 19.3. The number of rotatable bonds is 11. The minimum Gasteiger partial charge on any atom is -0.361 e. The Morgan fingerprint density at radius 2 is 1.88 bits per heavy atom. The summed E-state index contributed by atoms with van der Waals surface area (Å²) in [6.45, 7) is 15.7. The van der Waals surface area contributed by atoms with Crippen molar-refractivity contribution in [3.63, 3.8) is 0 Å². The first-order chi connectivity index (χ1) is 15.7. The molecule has 0 radical (unpaired) electrons. The molecule has 0 spiro atoms. The summed E-state index contributed by atoms with van der Waals surface area (Å²) in [6, 6.07) is 2.22. The van der Waals surface area contributed by atoms with Crippen LogP contribution in [0.25, 0.3) is 16.7 Å². The van der Waals surface area contributed by atoms with Gasteiger partial charge in [-0.05, 0) is 88.1 Å². The number of allylic oxidation sites excluding steroid dienone is 5. The molecule has 2 aromatic rings. The number of unbranched alkanes of at least 4 members (excludes halogenated alkanes) is 2. The van der Waals surface area contributed by atoms with Gasteiger partial charge in [0.15, 0.2) is 0 Å². The van der Waals surface area contributed by atoms with Crippen LogP contribution in [0.1, 0.15) is 89.9 Å². The Bertz CT molecular complexity index is 1010. The van der Waals surface area contributed by atoms with Crippen molar-refractivity contribution >= 4 is 5.57 Å². The zero-order valence-electron chi connectivity index (χ0n) is 21.5. The van der Waals surface area contributed by atoms with E-state index in [4.69, 9.17) is 9.51 Å². The summed E-state index contributed by atoms with van der Waals surface area (Å²) in [7, 11) is 0. The molecule has 0 fully saturated rings. The molecular weight excluding hydrogens is 415 g/mol. The number of aryl methyl sites for hydroxylation is 3. The predicted octanol–water partition coefficient (Wildman–Crippen LogP) is 8.45. The maximum absolute atomic E-state index is 13.0. The molecule has 2 rings (SSSR count). The number of pyridine rings is 1. The Labute approximate surface area is 198 Å². The van der Waals surface area contributed by atoms with E-state index in [2.05, 4.69) is 43.0 Å². The second kappa shape index (κ2) is 12.1. The second-order valence-electron chi connectivity index (χ2n) is 9.23. The zero-order chi connectivity index (χ0) is 24.6.